The second kappa shape index (κ2) is 4.16. The zero-order valence-corrected chi connectivity index (χ0v) is 11.0. The van der Waals surface area contributed by atoms with E-state index in [1.165, 1.54) is 23.9 Å². The molecule has 2 heterocycles. The Labute approximate surface area is 108 Å². The van der Waals surface area contributed by atoms with Crippen molar-refractivity contribution in [1.82, 2.24) is 4.98 Å². The van der Waals surface area contributed by atoms with Crippen molar-refractivity contribution in [2.24, 2.45) is 0 Å². The molecule has 0 unspecified atom stereocenters. The van der Waals surface area contributed by atoms with Crippen LogP contribution in [-0.2, 0) is 0 Å². The van der Waals surface area contributed by atoms with Gasteiger partial charge in [0.2, 0.25) is 0 Å². The lowest BCUT2D eigenvalue weighted by Crippen LogP contribution is -2.18. The third kappa shape index (κ3) is 1.80. The molecule has 94 valence electrons. The predicted octanol–water partition coefficient (Wildman–Crippen LogP) is 3.03. The van der Waals surface area contributed by atoms with E-state index in [4.69, 9.17) is 5.73 Å². The summed E-state index contributed by atoms with van der Waals surface area (Å²) in [6.45, 7) is 6.42. The molecule has 2 aromatic rings. The first-order valence-electron chi connectivity index (χ1n) is 6.57. The number of hydrogen-bond donors (Lipinski definition) is 1. The zero-order valence-electron chi connectivity index (χ0n) is 11.0. The standard InChI is InChI=1S/C15H19N3/c1-10-7-12-14(9-13(10)16)17-11(2)8-15(12)18-5-3-4-6-18/h7-9H,3-6,16H2,1-2H3. The number of aromatic nitrogens is 1. The van der Waals surface area contributed by atoms with Crippen LogP contribution in [0.25, 0.3) is 10.9 Å². The molecule has 0 spiro atoms. The van der Waals surface area contributed by atoms with Crippen LogP contribution in [-0.4, -0.2) is 18.1 Å². The lowest BCUT2D eigenvalue weighted by molar-refractivity contribution is 0.949. The summed E-state index contributed by atoms with van der Waals surface area (Å²) in [5.41, 5.74) is 11.3. The molecule has 3 heteroatoms. The van der Waals surface area contributed by atoms with Gasteiger partial charge in [-0.2, -0.15) is 0 Å². The molecule has 0 amide bonds. The molecular formula is C15H19N3. The molecule has 1 aliphatic heterocycles. The molecule has 3 rings (SSSR count). The van der Waals surface area contributed by atoms with E-state index in [-0.39, 0.29) is 0 Å². The van der Waals surface area contributed by atoms with Gasteiger partial charge in [-0.05, 0) is 50.5 Å². The monoisotopic (exact) mass is 241 g/mol. The number of pyridine rings is 1. The first-order chi connectivity index (χ1) is 8.65. The Morgan fingerprint density at radius 2 is 1.83 bits per heavy atom. The van der Waals surface area contributed by atoms with Gasteiger partial charge in [0.25, 0.3) is 0 Å². The molecule has 0 saturated carbocycles. The maximum Gasteiger partial charge on any atom is 0.0746 e. The van der Waals surface area contributed by atoms with Crippen molar-refractivity contribution in [2.75, 3.05) is 23.7 Å². The molecular weight excluding hydrogens is 222 g/mol. The van der Waals surface area contributed by atoms with Gasteiger partial charge in [-0.25, -0.2) is 0 Å². The minimum Gasteiger partial charge on any atom is -0.398 e. The first-order valence-corrected chi connectivity index (χ1v) is 6.57. The van der Waals surface area contributed by atoms with Crippen LogP contribution < -0.4 is 10.6 Å². The third-order valence-corrected chi connectivity index (χ3v) is 3.75. The number of rotatable bonds is 1. The Bertz CT molecular complexity index is 598. The van der Waals surface area contributed by atoms with Crippen molar-refractivity contribution in [3.63, 3.8) is 0 Å². The summed E-state index contributed by atoms with van der Waals surface area (Å²) in [7, 11) is 0. The fourth-order valence-corrected chi connectivity index (χ4v) is 2.73. The number of benzene rings is 1. The Morgan fingerprint density at radius 3 is 2.56 bits per heavy atom. The minimum atomic E-state index is 0.827. The Morgan fingerprint density at radius 1 is 1.11 bits per heavy atom. The van der Waals surface area contributed by atoms with Gasteiger partial charge >= 0.3 is 0 Å². The van der Waals surface area contributed by atoms with Crippen LogP contribution in [0.1, 0.15) is 24.1 Å². The van der Waals surface area contributed by atoms with Gasteiger partial charge in [0.15, 0.2) is 0 Å². The van der Waals surface area contributed by atoms with Gasteiger partial charge < -0.3 is 10.6 Å². The van der Waals surface area contributed by atoms with E-state index >= 15 is 0 Å². The lowest BCUT2D eigenvalue weighted by atomic mass is 10.1. The van der Waals surface area contributed by atoms with Crippen molar-refractivity contribution < 1.29 is 0 Å². The molecule has 0 atom stereocenters. The van der Waals surface area contributed by atoms with Crippen LogP contribution in [0.15, 0.2) is 18.2 Å². The summed E-state index contributed by atoms with van der Waals surface area (Å²) in [4.78, 5) is 7.07. The number of hydrogen-bond acceptors (Lipinski definition) is 3. The number of aryl methyl sites for hydroxylation is 2. The average Bonchev–Trinajstić information content (AvgIpc) is 2.84. The van der Waals surface area contributed by atoms with Crippen LogP contribution >= 0.6 is 0 Å². The van der Waals surface area contributed by atoms with Gasteiger partial charge in [0.1, 0.15) is 0 Å². The Hall–Kier alpha value is -1.77. The molecule has 18 heavy (non-hydrogen) atoms. The van der Waals surface area contributed by atoms with Crippen LogP contribution in [0.3, 0.4) is 0 Å². The zero-order chi connectivity index (χ0) is 12.7. The normalized spacial score (nSPS) is 15.6. The molecule has 0 radical (unpaired) electrons. The molecule has 0 aliphatic carbocycles. The van der Waals surface area contributed by atoms with Crippen molar-refractivity contribution in [3.05, 3.63) is 29.5 Å². The van der Waals surface area contributed by atoms with E-state index in [1.54, 1.807) is 0 Å². The highest BCUT2D eigenvalue weighted by molar-refractivity contribution is 5.94. The predicted molar refractivity (Wildman–Crippen MR) is 77.1 cm³/mol. The molecule has 0 bridgehead atoms. The van der Waals surface area contributed by atoms with Crippen molar-refractivity contribution in [3.8, 4) is 0 Å². The Balaban J connectivity index is 2.25. The molecule has 1 aliphatic rings. The van der Waals surface area contributed by atoms with E-state index < -0.39 is 0 Å². The Kier molecular flexibility index (Phi) is 2.62. The smallest absolute Gasteiger partial charge is 0.0746 e. The summed E-state index contributed by atoms with van der Waals surface area (Å²) in [5, 5.41) is 1.23. The SMILES string of the molecule is Cc1cc(N2CCCC2)c2cc(C)c(N)cc2n1. The van der Waals surface area contributed by atoms with E-state index in [0.717, 1.165) is 35.6 Å². The molecule has 1 saturated heterocycles. The maximum atomic E-state index is 5.99. The summed E-state index contributed by atoms with van der Waals surface area (Å²) >= 11 is 0. The molecule has 1 fully saturated rings. The first kappa shape index (κ1) is 11.3. The molecule has 1 aromatic carbocycles. The minimum absolute atomic E-state index is 0.827. The van der Waals surface area contributed by atoms with Crippen molar-refractivity contribution in [1.29, 1.82) is 0 Å². The number of nitrogen functional groups attached to an aromatic ring is 1. The highest BCUT2D eigenvalue weighted by Crippen LogP contribution is 2.31. The molecule has 1 aromatic heterocycles. The second-order valence-electron chi connectivity index (χ2n) is 5.20. The fraction of sp³-hybridized carbons (Fsp3) is 0.400. The average molecular weight is 241 g/mol. The summed E-state index contributed by atoms with van der Waals surface area (Å²) in [6.07, 6.45) is 2.58. The maximum absolute atomic E-state index is 5.99. The van der Waals surface area contributed by atoms with Gasteiger partial charge in [0.05, 0.1) is 5.52 Å². The lowest BCUT2D eigenvalue weighted by Gasteiger charge is -2.20. The van der Waals surface area contributed by atoms with Gasteiger partial charge in [-0.1, -0.05) is 0 Å². The van der Waals surface area contributed by atoms with E-state index in [2.05, 4.69) is 35.9 Å². The fourth-order valence-electron chi connectivity index (χ4n) is 2.73. The molecule has 3 nitrogen and oxygen atoms in total. The number of nitrogens with zero attached hydrogens (tertiary/aromatic N) is 2. The van der Waals surface area contributed by atoms with E-state index in [0.29, 0.717) is 0 Å². The number of fused-ring (bicyclic) bond motifs is 1. The van der Waals surface area contributed by atoms with Gasteiger partial charge in [-0.3, -0.25) is 4.98 Å². The summed E-state index contributed by atoms with van der Waals surface area (Å²) in [5.74, 6) is 0. The highest BCUT2D eigenvalue weighted by Gasteiger charge is 2.16. The van der Waals surface area contributed by atoms with Crippen LogP contribution in [0.5, 0.6) is 0 Å². The number of nitrogens with two attached hydrogens (primary N) is 1. The van der Waals surface area contributed by atoms with Crippen molar-refractivity contribution >= 4 is 22.3 Å². The van der Waals surface area contributed by atoms with Crippen LogP contribution in [0.4, 0.5) is 11.4 Å². The highest BCUT2D eigenvalue weighted by atomic mass is 15.1. The molecule has 2 N–H and O–H groups in total. The van der Waals surface area contributed by atoms with Gasteiger partial charge in [0, 0.05) is 35.5 Å². The third-order valence-electron chi connectivity index (χ3n) is 3.75. The van der Waals surface area contributed by atoms with E-state index in [9.17, 15) is 0 Å². The second-order valence-corrected chi connectivity index (χ2v) is 5.20. The largest absolute Gasteiger partial charge is 0.398 e. The summed E-state index contributed by atoms with van der Waals surface area (Å²) < 4.78 is 0. The topological polar surface area (TPSA) is 42.1 Å². The van der Waals surface area contributed by atoms with Crippen LogP contribution in [0.2, 0.25) is 0 Å². The van der Waals surface area contributed by atoms with Crippen LogP contribution in [0, 0.1) is 13.8 Å². The quantitative estimate of drug-likeness (QED) is 0.780. The summed E-state index contributed by atoms with van der Waals surface area (Å²) in [6, 6.07) is 6.37. The van der Waals surface area contributed by atoms with Gasteiger partial charge in [-0.15, -0.1) is 0 Å². The van der Waals surface area contributed by atoms with Crippen molar-refractivity contribution in [2.45, 2.75) is 26.7 Å². The van der Waals surface area contributed by atoms with E-state index in [1.807, 2.05) is 6.07 Å². The number of anilines is 2.